The Balaban J connectivity index is 1.63. The first-order chi connectivity index (χ1) is 19.8. The average Bonchev–Trinajstić information content (AvgIpc) is 2.95. The number of likely N-dealkylation sites (tertiary alicyclic amines) is 1. The Labute approximate surface area is 240 Å². The van der Waals surface area contributed by atoms with Crippen molar-refractivity contribution in [1.29, 1.82) is 0 Å². The summed E-state index contributed by atoms with van der Waals surface area (Å²) in [7, 11) is 1.24. The zero-order valence-electron chi connectivity index (χ0n) is 23.3. The van der Waals surface area contributed by atoms with Crippen molar-refractivity contribution in [3.05, 3.63) is 89.0 Å². The number of hydrogen-bond acceptors (Lipinski definition) is 5. The van der Waals surface area contributed by atoms with Gasteiger partial charge in [-0.25, -0.2) is 0 Å². The van der Waals surface area contributed by atoms with Gasteiger partial charge in [-0.2, -0.15) is 13.2 Å². The third-order valence-electron chi connectivity index (χ3n) is 7.45. The fourth-order valence-electron chi connectivity index (χ4n) is 5.42. The molecule has 1 heterocycles. The maximum absolute atomic E-state index is 14.3. The molecule has 3 aromatic rings. The van der Waals surface area contributed by atoms with Gasteiger partial charge in [0.25, 0.3) is 0 Å². The van der Waals surface area contributed by atoms with Crippen LogP contribution in [0.3, 0.4) is 0 Å². The zero-order chi connectivity index (χ0) is 30.5. The highest BCUT2D eigenvalue weighted by molar-refractivity contribution is 5.47. The second-order valence-electron chi connectivity index (χ2n) is 10.3. The minimum atomic E-state index is -4.94. The second kappa shape index (κ2) is 12.8. The topological polar surface area (TPSA) is 51.2 Å². The van der Waals surface area contributed by atoms with Crippen molar-refractivity contribution < 1.29 is 45.7 Å². The van der Waals surface area contributed by atoms with Crippen molar-refractivity contribution >= 4 is 0 Å². The van der Waals surface area contributed by atoms with Crippen LogP contribution in [0.15, 0.2) is 66.7 Å². The van der Waals surface area contributed by atoms with E-state index in [2.05, 4.69) is 9.64 Å². The molecule has 0 aliphatic carbocycles. The van der Waals surface area contributed by atoms with E-state index in [-0.39, 0.29) is 16.9 Å². The van der Waals surface area contributed by atoms with Crippen LogP contribution in [0.2, 0.25) is 0 Å². The SMILES string of the molecule is CCCOc1ccc(CN2CCC(C(O)(c3ccc(OC(F)(F)F)cc3)c3ccc(OC)cc3C(F)(F)F)CC2)cc1. The Morgan fingerprint density at radius 3 is 1.95 bits per heavy atom. The van der Waals surface area contributed by atoms with Crippen LogP contribution in [0.1, 0.15) is 48.4 Å². The Bertz CT molecular complexity index is 1300. The third kappa shape index (κ3) is 7.49. The maximum Gasteiger partial charge on any atom is 0.573 e. The minimum absolute atomic E-state index is 0.0359. The highest BCUT2D eigenvalue weighted by Gasteiger charge is 2.47. The lowest BCUT2D eigenvalue weighted by atomic mass is 9.70. The summed E-state index contributed by atoms with van der Waals surface area (Å²) >= 11 is 0. The molecular formula is C31H33F6NO4. The number of hydrogen-bond donors (Lipinski definition) is 1. The van der Waals surface area contributed by atoms with Gasteiger partial charge in [-0.1, -0.05) is 37.3 Å². The van der Waals surface area contributed by atoms with E-state index in [1.165, 1.54) is 31.4 Å². The maximum atomic E-state index is 14.3. The number of nitrogens with zero attached hydrogens (tertiary/aromatic N) is 1. The van der Waals surface area contributed by atoms with Crippen LogP contribution in [0.5, 0.6) is 17.2 Å². The Hall–Kier alpha value is -3.44. The number of methoxy groups -OCH3 is 1. The molecule has 1 unspecified atom stereocenters. The second-order valence-corrected chi connectivity index (χ2v) is 10.3. The number of alkyl halides is 6. The molecule has 3 aromatic carbocycles. The van der Waals surface area contributed by atoms with E-state index < -0.39 is 35.4 Å². The molecule has 228 valence electrons. The van der Waals surface area contributed by atoms with E-state index in [1.54, 1.807) is 0 Å². The predicted molar refractivity (Wildman–Crippen MR) is 144 cm³/mol. The summed E-state index contributed by atoms with van der Waals surface area (Å²) in [5.41, 5.74) is -2.54. The van der Waals surface area contributed by atoms with E-state index >= 15 is 0 Å². The van der Waals surface area contributed by atoms with Crippen molar-refractivity contribution in [1.82, 2.24) is 4.90 Å². The lowest BCUT2D eigenvalue weighted by Gasteiger charge is -2.43. The highest BCUT2D eigenvalue weighted by atomic mass is 19.4. The van der Waals surface area contributed by atoms with Gasteiger partial charge in [-0.05, 0) is 85.8 Å². The number of aliphatic hydroxyl groups is 1. The summed E-state index contributed by atoms with van der Waals surface area (Å²) in [5.74, 6) is -0.470. The summed E-state index contributed by atoms with van der Waals surface area (Å²) < 4.78 is 95.7. The van der Waals surface area contributed by atoms with Gasteiger partial charge in [0.15, 0.2) is 0 Å². The number of piperidine rings is 1. The van der Waals surface area contributed by atoms with E-state index in [0.717, 1.165) is 35.9 Å². The normalized spacial score (nSPS) is 16.6. The third-order valence-corrected chi connectivity index (χ3v) is 7.45. The van der Waals surface area contributed by atoms with Gasteiger partial charge in [0, 0.05) is 12.1 Å². The number of halogens is 6. The molecule has 0 spiro atoms. The molecule has 1 aliphatic rings. The van der Waals surface area contributed by atoms with Crippen molar-refractivity contribution in [3.63, 3.8) is 0 Å². The Morgan fingerprint density at radius 1 is 0.810 bits per heavy atom. The van der Waals surface area contributed by atoms with Gasteiger partial charge in [0.2, 0.25) is 0 Å². The number of ether oxygens (including phenoxy) is 3. The molecular weight excluding hydrogens is 564 g/mol. The molecule has 0 bridgehead atoms. The van der Waals surface area contributed by atoms with Crippen molar-refractivity contribution in [2.45, 2.75) is 50.9 Å². The summed E-state index contributed by atoms with van der Waals surface area (Å²) in [6, 6.07) is 15.4. The fourth-order valence-corrected chi connectivity index (χ4v) is 5.42. The molecule has 5 nitrogen and oxygen atoms in total. The molecule has 4 rings (SSSR count). The van der Waals surface area contributed by atoms with Gasteiger partial charge < -0.3 is 19.3 Å². The van der Waals surface area contributed by atoms with Gasteiger partial charge in [-0.3, -0.25) is 4.90 Å². The Morgan fingerprint density at radius 2 is 1.40 bits per heavy atom. The van der Waals surface area contributed by atoms with E-state index in [0.29, 0.717) is 39.1 Å². The summed E-state index contributed by atoms with van der Waals surface area (Å²) in [6.07, 6.45) is -8.18. The summed E-state index contributed by atoms with van der Waals surface area (Å²) in [5, 5.41) is 12.3. The molecule has 11 heteroatoms. The van der Waals surface area contributed by atoms with Crippen LogP contribution in [0.25, 0.3) is 0 Å². The summed E-state index contributed by atoms with van der Waals surface area (Å²) in [4.78, 5) is 2.15. The van der Waals surface area contributed by atoms with E-state index in [9.17, 15) is 31.4 Å². The highest BCUT2D eigenvalue weighted by Crippen LogP contribution is 2.48. The number of benzene rings is 3. The standard InChI is InChI=1S/C31H33F6NO4/c1-3-18-41-24-8-4-21(5-9-24)20-38-16-14-23(15-17-38)29(39,22-6-10-25(11-7-22)42-31(35,36)37)27-13-12-26(40-2)19-28(27)30(32,33)34/h4-13,19,23,39H,3,14-18,20H2,1-2H3. The monoisotopic (exact) mass is 597 g/mol. The lowest BCUT2D eigenvalue weighted by molar-refractivity contribution is -0.274. The average molecular weight is 598 g/mol. The molecule has 1 aliphatic heterocycles. The lowest BCUT2D eigenvalue weighted by Crippen LogP contribution is -2.45. The van der Waals surface area contributed by atoms with Gasteiger partial charge in [0.05, 0.1) is 19.3 Å². The first-order valence-electron chi connectivity index (χ1n) is 13.6. The van der Waals surface area contributed by atoms with E-state index in [4.69, 9.17) is 9.47 Å². The first-order valence-corrected chi connectivity index (χ1v) is 13.6. The van der Waals surface area contributed by atoms with Crippen LogP contribution in [0.4, 0.5) is 26.3 Å². The minimum Gasteiger partial charge on any atom is -0.497 e. The summed E-state index contributed by atoms with van der Waals surface area (Å²) in [6.45, 7) is 4.24. The van der Waals surface area contributed by atoms with Gasteiger partial charge in [-0.15, -0.1) is 13.2 Å². The zero-order valence-corrected chi connectivity index (χ0v) is 23.3. The fraction of sp³-hybridized carbons (Fsp3) is 0.419. The van der Waals surface area contributed by atoms with Crippen LogP contribution in [-0.4, -0.2) is 43.2 Å². The number of rotatable bonds is 10. The van der Waals surface area contributed by atoms with Crippen LogP contribution >= 0.6 is 0 Å². The largest absolute Gasteiger partial charge is 0.573 e. The van der Waals surface area contributed by atoms with Crippen LogP contribution < -0.4 is 14.2 Å². The molecule has 0 amide bonds. The molecule has 0 saturated carbocycles. The molecule has 1 saturated heterocycles. The van der Waals surface area contributed by atoms with Crippen molar-refractivity contribution in [3.8, 4) is 17.2 Å². The molecule has 1 atom stereocenters. The van der Waals surface area contributed by atoms with E-state index in [1.807, 2.05) is 31.2 Å². The molecule has 1 N–H and O–H groups in total. The molecule has 0 aromatic heterocycles. The van der Waals surface area contributed by atoms with Gasteiger partial charge >= 0.3 is 12.5 Å². The predicted octanol–water partition coefficient (Wildman–Crippen LogP) is 7.55. The molecule has 42 heavy (non-hydrogen) atoms. The Kier molecular flexibility index (Phi) is 9.62. The van der Waals surface area contributed by atoms with Crippen LogP contribution in [-0.2, 0) is 18.3 Å². The van der Waals surface area contributed by atoms with Crippen molar-refractivity contribution in [2.75, 3.05) is 26.8 Å². The molecule has 0 radical (unpaired) electrons. The molecule has 1 fully saturated rings. The van der Waals surface area contributed by atoms with Gasteiger partial charge in [0.1, 0.15) is 22.8 Å². The smallest absolute Gasteiger partial charge is 0.497 e. The van der Waals surface area contributed by atoms with Crippen molar-refractivity contribution in [2.24, 2.45) is 5.92 Å². The first kappa shape index (κ1) is 31.5. The quantitative estimate of drug-likeness (QED) is 0.245. The van der Waals surface area contributed by atoms with Crippen LogP contribution in [0, 0.1) is 5.92 Å².